The summed E-state index contributed by atoms with van der Waals surface area (Å²) in [5.74, 6) is 1.02. The number of methoxy groups -OCH3 is 2. The largest absolute Gasteiger partial charge is 0.493 e. The summed E-state index contributed by atoms with van der Waals surface area (Å²) in [6.45, 7) is 6.88. The van der Waals surface area contributed by atoms with Crippen molar-refractivity contribution in [3.63, 3.8) is 0 Å². The van der Waals surface area contributed by atoms with Crippen molar-refractivity contribution >= 4 is 17.3 Å². The Balaban J connectivity index is 2.36. The fourth-order valence-electron chi connectivity index (χ4n) is 2.98. The number of allylic oxidation sites excluding steroid dienone is 3. The number of ether oxygens (including phenoxy) is 2. The van der Waals surface area contributed by atoms with Crippen LogP contribution >= 0.6 is 0 Å². The summed E-state index contributed by atoms with van der Waals surface area (Å²) in [5.41, 5.74) is 14.2. The molecule has 1 heterocycles. The van der Waals surface area contributed by atoms with Gasteiger partial charge in [-0.25, -0.2) is 0 Å². The Morgan fingerprint density at radius 3 is 2.55 bits per heavy atom. The maximum atomic E-state index is 12.4. The van der Waals surface area contributed by atoms with Gasteiger partial charge in [0.2, 0.25) is 0 Å². The van der Waals surface area contributed by atoms with E-state index in [4.69, 9.17) is 25.9 Å². The van der Waals surface area contributed by atoms with Crippen LogP contribution in [0.15, 0.2) is 53.7 Å². The van der Waals surface area contributed by atoms with Gasteiger partial charge in [0.15, 0.2) is 11.5 Å². The SMILES string of the molecule is C=C\C=C(/N=C(\C=C(/N)C(=O)N1CC(N)C1)CCC)c1ccc(OC)c(OC)c1. The van der Waals surface area contributed by atoms with E-state index in [-0.39, 0.29) is 17.6 Å². The summed E-state index contributed by atoms with van der Waals surface area (Å²) in [4.78, 5) is 18.8. The van der Waals surface area contributed by atoms with Gasteiger partial charge in [-0.15, -0.1) is 0 Å². The number of aliphatic imine (C=N–C) groups is 1. The molecule has 0 bridgehead atoms. The van der Waals surface area contributed by atoms with E-state index < -0.39 is 0 Å². The second-order valence-corrected chi connectivity index (χ2v) is 6.78. The Hall–Kier alpha value is -3.06. The molecule has 0 spiro atoms. The van der Waals surface area contributed by atoms with Gasteiger partial charge in [-0.1, -0.05) is 26.0 Å². The molecule has 1 fully saturated rings. The Labute approximate surface area is 172 Å². The van der Waals surface area contributed by atoms with Gasteiger partial charge in [-0.2, -0.15) is 0 Å². The molecule has 1 aromatic carbocycles. The molecule has 2 rings (SSSR count). The van der Waals surface area contributed by atoms with Crippen LogP contribution in [0, 0.1) is 0 Å². The van der Waals surface area contributed by atoms with Crippen molar-refractivity contribution in [3.05, 3.63) is 54.3 Å². The highest BCUT2D eigenvalue weighted by molar-refractivity contribution is 6.05. The highest BCUT2D eigenvalue weighted by Gasteiger charge is 2.28. The van der Waals surface area contributed by atoms with Gasteiger partial charge in [0.25, 0.3) is 5.91 Å². The van der Waals surface area contributed by atoms with Gasteiger partial charge in [-0.05, 0) is 36.8 Å². The molecule has 0 unspecified atom stereocenters. The molecule has 1 aromatic rings. The molecule has 0 saturated carbocycles. The molecule has 1 aliphatic rings. The zero-order valence-corrected chi connectivity index (χ0v) is 17.4. The van der Waals surface area contributed by atoms with Crippen LogP contribution < -0.4 is 20.9 Å². The lowest BCUT2D eigenvalue weighted by molar-refractivity contribution is -0.131. The standard InChI is InChI=1S/C22H30N4O3/c1-5-7-17(12-18(24)22(27)26-13-16(23)14-26)25-19(8-6-2)15-9-10-20(28-3)21(11-15)29-4/h6,8-12,16H,2,5,7,13-14,23-24H2,1,3-4H3/b18-12-,19-8-,25-17-. The average Bonchev–Trinajstić information content (AvgIpc) is 2.70. The molecule has 0 aliphatic carbocycles. The number of amides is 1. The second kappa shape index (κ2) is 10.5. The van der Waals surface area contributed by atoms with Crippen LogP contribution in [0.1, 0.15) is 25.3 Å². The van der Waals surface area contributed by atoms with Crippen LogP contribution in [-0.4, -0.2) is 49.9 Å². The number of nitrogens with two attached hydrogens (primary N) is 2. The van der Waals surface area contributed by atoms with Gasteiger partial charge < -0.3 is 25.8 Å². The molecular formula is C22H30N4O3. The third-order valence-electron chi connectivity index (χ3n) is 4.49. The summed E-state index contributed by atoms with van der Waals surface area (Å²) in [7, 11) is 3.17. The lowest BCUT2D eigenvalue weighted by Crippen LogP contribution is -2.58. The normalized spacial score (nSPS) is 15.7. The predicted octanol–water partition coefficient (Wildman–Crippen LogP) is 2.48. The molecular weight excluding hydrogens is 368 g/mol. The van der Waals surface area contributed by atoms with Gasteiger partial charge in [0.1, 0.15) is 0 Å². The molecule has 0 radical (unpaired) electrons. The number of benzene rings is 1. The molecule has 4 N–H and O–H groups in total. The van der Waals surface area contributed by atoms with Crippen LogP contribution in [0.2, 0.25) is 0 Å². The van der Waals surface area contributed by atoms with Gasteiger partial charge in [0.05, 0.1) is 25.6 Å². The van der Waals surface area contributed by atoms with Crippen molar-refractivity contribution in [2.24, 2.45) is 16.5 Å². The molecule has 1 saturated heterocycles. The Kier molecular flexibility index (Phi) is 8.03. The molecule has 1 aliphatic heterocycles. The van der Waals surface area contributed by atoms with Crippen LogP contribution in [0.4, 0.5) is 0 Å². The van der Waals surface area contributed by atoms with Crippen molar-refractivity contribution < 1.29 is 14.3 Å². The van der Waals surface area contributed by atoms with E-state index >= 15 is 0 Å². The van der Waals surface area contributed by atoms with Crippen LogP contribution in [0.25, 0.3) is 5.70 Å². The zero-order chi connectivity index (χ0) is 21.4. The highest BCUT2D eigenvalue weighted by Crippen LogP contribution is 2.31. The second-order valence-electron chi connectivity index (χ2n) is 6.78. The maximum Gasteiger partial charge on any atom is 0.269 e. The van der Waals surface area contributed by atoms with E-state index in [2.05, 4.69) is 6.58 Å². The zero-order valence-electron chi connectivity index (χ0n) is 17.4. The van der Waals surface area contributed by atoms with Crippen molar-refractivity contribution in [2.45, 2.75) is 25.8 Å². The Bertz CT molecular complexity index is 836. The fraction of sp³-hybridized carbons (Fsp3) is 0.364. The van der Waals surface area contributed by atoms with E-state index in [0.717, 1.165) is 12.0 Å². The van der Waals surface area contributed by atoms with E-state index in [1.807, 2.05) is 25.1 Å². The van der Waals surface area contributed by atoms with Crippen LogP contribution in [0.5, 0.6) is 11.5 Å². The minimum atomic E-state index is -0.212. The van der Waals surface area contributed by atoms with Gasteiger partial charge >= 0.3 is 0 Å². The molecule has 7 heteroatoms. The minimum absolute atomic E-state index is 0.0303. The van der Waals surface area contributed by atoms with Crippen molar-refractivity contribution in [1.29, 1.82) is 0 Å². The Morgan fingerprint density at radius 2 is 2.00 bits per heavy atom. The van der Waals surface area contributed by atoms with Crippen molar-refractivity contribution in [2.75, 3.05) is 27.3 Å². The number of carbonyl (C=O) groups is 1. The molecule has 156 valence electrons. The van der Waals surface area contributed by atoms with E-state index in [0.29, 0.717) is 42.4 Å². The Morgan fingerprint density at radius 1 is 1.31 bits per heavy atom. The minimum Gasteiger partial charge on any atom is -0.493 e. The summed E-state index contributed by atoms with van der Waals surface area (Å²) < 4.78 is 10.7. The first-order valence-electron chi connectivity index (χ1n) is 9.58. The lowest BCUT2D eigenvalue weighted by atomic mass is 10.1. The van der Waals surface area contributed by atoms with E-state index in [9.17, 15) is 4.79 Å². The first kappa shape index (κ1) is 22.2. The summed E-state index contributed by atoms with van der Waals surface area (Å²) >= 11 is 0. The van der Waals surface area contributed by atoms with E-state index in [1.165, 1.54) is 0 Å². The highest BCUT2D eigenvalue weighted by atomic mass is 16.5. The third kappa shape index (κ3) is 5.71. The first-order valence-corrected chi connectivity index (χ1v) is 9.58. The maximum absolute atomic E-state index is 12.4. The summed E-state index contributed by atoms with van der Waals surface area (Å²) in [5, 5.41) is 0. The third-order valence-corrected chi connectivity index (χ3v) is 4.49. The average molecular weight is 399 g/mol. The first-order chi connectivity index (χ1) is 13.9. The van der Waals surface area contributed by atoms with Crippen LogP contribution in [-0.2, 0) is 4.79 Å². The number of carbonyl (C=O) groups excluding carboxylic acids is 1. The smallest absolute Gasteiger partial charge is 0.269 e. The number of rotatable bonds is 9. The fourth-order valence-corrected chi connectivity index (χ4v) is 2.98. The number of hydrogen-bond acceptors (Lipinski definition) is 6. The number of nitrogens with zero attached hydrogens (tertiary/aromatic N) is 2. The van der Waals surface area contributed by atoms with E-state index in [1.54, 1.807) is 37.3 Å². The molecule has 0 atom stereocenters. The van der Waals surface area contributed by atoms with Crippen molar-refractivity contribution in [1.82, 2.24) is 4.90 Å². The molecule has 7 nitrogen and oxygen atoms in total. The molecule has 0 aromatic heterocycles. The lowest BCUT2D eigenvalue weighted by Gasteiger charge is -2.36. The summed E-state index contributed by atoms with van der Waals surface area (Å²) in [6.07, 6.45) is 6.65. The quantitative estimate of drug-likeness (QED) is 0.378. The molecule has 1 amide bonds. The van der Waals surface area contributed by atoms with Gasteiger partial charge in [0, 0.05) is 30.4 Å². The monoisotopic (exact) mass is 398 g/mol. The van der Waals surface area contributed by atoms with Gasteiger partial charge in [-0.3, -0.25) is 9.79 Å². The number of likely N-dealkylation sites (tertiary alicyclic amines) is 1. The molecule has 29 heavy (non-hydrogen) atoms. The summed E-state index contributed by atoms with van der Waals surface area (Å²) in [6, 6.07) is 5.59. The van der Waals surface area contributed by atoms with Crippen molar-refractivity contribution in [3.8, 4) is 11.5 Å². The van der Waals surface area contributed by atoms with Crippen LogP contribution in [0.3, 0.4) is 0 Å². The predicted molar refractivity (Wildman–Crippen MR) is 117 cm³/mol. The number of hydrogen-bond donors (Lipinski definition) is 2. The topological polar surface area (TPSA) is 103 Å².